The van der Waals surface area contributed by atoms with Gasteiger partial charge in [0.2, 0.25) is 0 Å². The van der Waals surface area contributed by atoms with Gasteiger partial charge in [-0.05, 0) is 118 Å². The summed E-state index contributed by atoms with van der Waals surface area (Å²) >= 11 is 0. The average Bonchev–Trinajstić information content (AvgIpc) is 3.06. The molecule has 3 atom stereocenters. The molecule has 166 valence electrons. The molecule has 2 aromatic carbocycles. The molecule has 0 radical (unpaired) electrons. The standard InChI is InChI=1S/C28H39NOSi/c1-18-13-20(3)27(21(4)14-18)31(28-22(5)15-19(2)16-23(28)6)17-24-10-12-29-11-8-7-9-25(29)26(24)30-31/h13-16,24-26H,7-12,17H2,1-6H3/t24-,25+,26+/m0/s1. The zero-order chi connectivity index (χ0) is 21.9. The van der Waals surface area contributed by atoms with Gasteiger partial charge >= 0.3 is 0 Å². The molecule has 3 heterocycles. The first-order valence-corrected chi connectivity index (χ1v) is 14.5. The molecule has 0 bridgehead atoms. The molecule has 0 saturated carbocycles. The van der Waals surface area contributed by atoms with Crippen LogP contribution in [0.1, 0.15) is 59.1 Å². The molecule has 2 nitrogen and oxygen atoms in total. The molecule has 3 fully saturated rings. The highest BCUT2D eigenvalue weighted by atomic mass is 28.4. The summed E-state index contributed by atoms with van der Waals surface area (Å²) in [6.07, 6.45) is 5.78. The molecule has 0 aliphatic carbocycles. The number of benzene rings is 2. The third-order valence-corrected chi connectivity index (χ3v) is 13.3. The van der Waals surface area contributed by atoms with Gasteiger partial charge in [0, 0.05) is 6.04 Å². The molecule has 31 heavy (non-hydrogen) atoms. The van der Waals surface area contributed by atoms with Crippen LogP contribution in [0.25, 0.3) is 0 Å². The zero-order valence-corrected chi connectivity index (χ0v) is 21.3. The van der Waals surface area contributed by atoms with Gasteiger partial charge in [-0.25, -0.2) is 0 Å². The van der Waals surface area contributed by atoms with Crippen molar-refractivity contribution in [2.24, 2.45) is 5.92 Å². The van der Waals surface area contributed by atoms with Crippen molar-refractivity contribution in [2.75, 3.05) is 13.1 Å². The molecule has 0 aromatic heterocycles. The molecular weight excluding hydrogens is 394 g/mol. The van der Waals surface area contributed by atoms with Crippen molar-refractivity contribution in [3.05, 3.63) is 57.6 Å². The molecule has 0 N–H and O–H groups in total. The lowest BCUT2D eigenvalue weighted by molar-refractivity contribution is -0.00988. The summed E-state index contributed by atoms with van der Waals surface area (Å²) in [7, 11) is -2.34. The molecule has 3 aliphatic rings. The number of fused-ring (bicyclic) bond motifs is 3. The summed E-state index contributed by atoms with van der Waals surface area (Å²) < 4.78 is 7.59. The van der Waals surface area contributed by atoms with E-state index in [1.54, 1.807) is 10.4 Å². The Balaban J connectivity index is 1.71. The summed E-state index contributed by atoms with van der Waals surface area (Å²) in [5, 5.41) is 3.15. The number of rotatable bonds is 2. The van der Waals surface area contributed by atoms with Crippen molar-refractivity contribution in [1.29, 1.82) is 0 Å². The van der Waals surface area contributed by atoms with E-state index in [1.165, 1.54) is 78.2 Å². The van der Waals surface area contributed by atoms with Gasteiger partial charge in [-0.2, -0.15) is 0 Å². The Morgan fingerprint density at radius 2 is 1.29 bits per heavy atom. The van der Waals surface area contributed by atoms with Crippen LogP contribution in [0.3, 0.4) is 0 Å². The molecular formula is C28H39NOSi. The van der Waals surface area contributed by atoms with E-state index in [4.69, 9.17) is 4.43 Å². The van der Waals surface area contributed by atoms with Gasteiger partial charge in [-0.1, -0.05) is 41.8 Å². The summed E-state index contributed by atoms with van der Waals surface area (Å²) in [5.41, 5.74) is 8.53. The molecule has 5 rings (SSSR count). The predicted octanol–water partition coefficient (Wildman–Crippen LogP) is 4.87. The second kappa shape index (κ2) is 7.86. The number of hydrogen-bond donors (Lipinski definition) is 0. The maximum atomic E-state index is 7.59. The number of piperidine rings is 2. The molecule has 0 amide bonds. The van der Waals surface area contributed by atoms with Crippen LogP contribution < -0.4 is 10.4 Å². The van der Waals surface area contributed by atoms with Crippen molar-refractivity contribution < 1.29 is 4.43 Å². The Bertz CT molecular complexity index is 909. The maximum Gasteiger partial charge on any atom is 0.257 e. The van der Waals surface area contributed by atoms with E-state index in [0.29, 0.717) is 18.1 Å². The minimum Gasteiger partial charge on any atom is -0.403 e. The van der Waals surface area contributed by atoms with Crippen LogP contribution in [0.15, 0.2) is 24.3 Å². The minimum absolute atomic E-state index is 0.418. The highest BCUT2D eigenvalue weighted by Crippen LogP contribution is 2.44. The third kappa shape index (κ3) is 3.44. The second-order valence-corrected chi connectivity index (χ2v) is 14.1. The molecule has 2 aromatic rings. The third-order valence-electron chi connectivity index (χ3n) is 8.34. The van der Waals surface area contributed by atoms with Crippen molar-refractivity contribution in [3.8, 4) is 0 Å². The van der Waals surface area contributed by atoms with Gasteiger partial charge in [0.15, 0.2) is 0 Å². The smallest absolute Gasteiger partial charge is 0.257 e. The van der Waals surface area contributed by atoms with E-state index in [2.05, 4.69) is 70.7 Å². The van der Waals surface area contributed by atoms with E-state index >= 15 is 0 Å². The van der Waals surface area contributed by atoms with Crippen molar-refractivity contribution in [1.82, 2.24) is 4.90 Å². The fourth-order valence-corrected chi connectivity index (χ4v) is 13.4. The predicted molar refractivity (Wildman–Crippen MR) is 133 cm³/mol. The SMILES string of the molecule is Cc1cc(C)c([Si]2(c3c(C)cc(C)cc3C)C[C@@H]3CCN4CCCC[C@@H]4[C@@H]3O2)c(C)c1. The molecule has 0 spiro atoms. The van der Waals surface area contributed by atoms with Crippen LogP contribution in [-0.2, 0) is 4.43 Å². The summed E-state index contributed by atoms with van der Waals surface area (Å²) in [4.78, 5) is 2.76. The van der Waals surface area contributed by atoms with Gasteiger partial charge in [0.05, 0.1) is 6.10 Å². The largest absolute Gasteiger partial charge is 0.403 e. The van der Waals surface area contributed by atoms with E-state index in [0.717, 1.165) is 0 Å². The lowest BCUT2D eigenvalue weighted by Crippen LogP contribution is -2.63. The average molecular weight is 434 g/mol. The van der Waals surface area contributed by atoms with E-state index < -0.39 is 8.32 Å². The quantitative estimate of drug-likeness (QED) is 0.627. The minimum atomic E-state index is -2.34. The lowest BCUT2D eigenvalue weighted by Gasteiger charge is -2.45. The highest BCUT2D eigenvalue weighted by Gasteiger charge is 2.57. The number of hydrogen-bond acceptors (Lipinski definition) is 2. The fourth-order valence-electron chi connectivity index (χ4n) is 7.60. The van der Waals surface area contributed by atoms with Gasteiger partial charge in [-0.15, -0.1) is 0 Å². The van der Waals surface area contributed by atoms with Gasteiger partial charge < -0.3 is 4.43 Å². The van der Waals surface area contributed by atoms with Crippen molar-refractivity contribution >= 4 is 18.7 Å². The normalized spacial score (nSPS) is 27.7. The zero-order valence-electron chi connectivity index (χ0n) is 20.3. The lowest BCUT2D eigenvalue weighted by atomic mass is 9.84. The van der Waals surface area contributed by atoms with E-state index in [1.807, 2.05) is 0 Å². The van der Waals surface area contributed by atoms with Crippen LogP contribution in [-0.4, -0.2) is 38.5 Å². The second-order valence-electron chi connectivity index (χ2n) is 10.8. The Hall–Kier alpha value is -1.42. The van der Waals surface area contributed by atoms with Gasteiger partial charge in [0.25, 0.3) is 8.32 Å². The summed E-state index contributed by atoms with van der Waals surface area (Å²) in [5.74, 6) is 0.714. The first-order valence-electron chi connectivity index (χ1n) is 12.4. The summed E-state index contributed by atoms with van der Waals surface area (Å²) in [6.45, 7) is 16.4. The molecule has 3 heteroatoms. The monoisotopic (exact) mass is 433 g/mol. The Morgan fingerprint density at radius 3 is 1.84 bits per heavy atom. The fraction of sp³-hybridized carbons (Fsp3) is 0.571. The highest BCUT2D eigenvalue weighted by molar-refractivity contribution is 6.99. The van der Waals surface area contributed by atoms with Crippen LogP contribution in [0.2, 0.25) is 6.04 Å². The van der Waals surface area contributed by atoms with Crippen molar-refractivity contribution in [2.45, 2.75) is 85.4 Å². The first kappa shape index (κ1) is 21.4. The van der Waals surface area contributed by atoms with Gasteiger partial charge in [-0.3, -0.25) is 4.90 Å². The van der Waals surface area contributed by atoms with Crippen LogP contribution in [0, 0.1) is 47.5 Å². The molecule has 0 unspecified atom stereocenters. The summed E-state index contributed by atoms with van der Waals surface area (Å²) in [6, 6.07) is 11.5. The maximum absolute atomic E-state index is 7.59. The van der Waals surface area contributed by atoms with Gasteiger partial charge in [0.1, 0.15) is 0 Å². The Kier molecular flexibility index (Phi) is 5.43. The van der Waals surface area contributed by atoms with Crippen molar-refractivity contribution in [3.63, 3.8) is 0 Å². The molecule has 3 aliphatic heterocycles. The first-order chi connectivity index (χ1) is 14.8. The van der Waals surface area contributed by atoms with Crippen LogP contribution >= 0.6 is 0 Å². The van der Waals surface area contributed by atoms with E-state index in [9.17, 15) is 0 Å². The Labute approximate surface area is 190 Å². The molecule has 3 saturated heterocycles. The number of nitrogens with zero attached hydrogens (tertiary/aromatic N) is 1. The Morgan fingerprint density at radius 1 is 0.742 bits per heavy atom. The topological polar surface area (TPSA) is 12.5 Å². The number of aryl methyl sites for hydroxylation is 6. The van der Waals surface area contributed by atoms with Crippen LogP contribution in [0.4, 0.5) is 0 Å². The van der Waals surface area contributed by atoms with Crippen LogP contribution in [0.5, 0.6) is 0 Å². The van der Waals surface area contributed by atoms with E-state index in [-0.39, 0.29) is 0 Å².